The van der Waals surface area contributed by atoms with Crippen molar-refractivity contribution in [3.8, 4) is 5.75 Å². The van der Waals surface area contributed by atoms with Crippen LogP contribution in [0.1, 0.15) is 24.5 Å². The summed E-state index contributed by atoms with van der Waals surface area (Å²) < 4.78 is 5.45. The number of likely N-dealkylation sites (tertiary alicyclic amines) is 1. The van der Waals surface area contributed by atoms with Gasteiger partial charge in [0.1, 0.15) is 5.75 Å². The van der Waals surface area contributed by atoms with Crippen LogP contribution in [0.15, 0.2) is 59.6 Å². The number of hydrogen-bond acceptors (Lipinski definition) is 3. The van der Waals surface area contributed by atoms with Crippen LogP contribution in [0.25, 0.3) is 0 Å². The average Bonchev–Trinajstić information content (AvgIpc) is 3.25. The molecule has 5 heteroatoms. The molecule has 5 nitrogen and oxygen atoms in total. The van der Waals surface area contributed by atoms with E-state index < -0.39 is 0 Å². The third kappa shape index (κ3) is 7.06. The zero-order valence-electron chi connectivity index (χ0n) is 18.4. The van der Waals surface area contributed by atoms with E-state index in [1.165, 1.54) is 24.1 Å². The Balaban J connectivity index is 1.42. The van der Waals surface area contributed by atoms with E-state index >= 15 is 0 Å². The molecule has 1 heterocycles. The molecular formula is C25H36N4O. The lowest BCUT2D eigenvalue weighted by Gasteiger charge is -2.16. The lowest BCUT2D eigenvalue weighted by molar-refractivity contribution is 0.329. The Morgan fingerprint density at radius 1 is 1.07 bits per heavy atom. The lowest BCUT2D eigenvalue weighted by atomic mass is 10.1. The van der Waals surface area contributed by atoms with Crippen LogP contribution in [0, 0.1) is 5.92 Å². The van der Waals surface area contributed by atoms with Crippen molar-refractivity contribution in [2.45, 2.75) is 26.2 Å². The highest BCUT2D eigenvalue weighted by Crippen LogP contribution is 2.18. The normalized spacial score (nSPS) is 17.1. The molecule has 1 aliphatic heterocycles. The molecule has 30 heavy (non-hydrogen) atoms. The highest BCUT2D eigenvalue weighted by atomic mass is 16.5. The summed E-state index contributed by atoms with van der Waals surface area (Å²) in [6.07, 6.45) is 3.27. The monoisotopic (exact) mass is 408 g/mol. The van der Waals surface area contributed by atoms with E-state index in [0.717, 1.165) is 57.3 Å². The third-order valence-electron chi connectivity index (χ3n) is 5.66. The van der Waals surface area contributed by atoms with Crippen LogP contribution in [0.4, 0.5) is 0 Å². The molecule has 0 spiro atoms. The first-order valence-corrected chi connectivity index (χ1v) is 11.2. The van der Waals surface area contributed by atoms with Crippen molar-refractivity contribution in [2.24, 2.45) is 10.9 Å². The standard InChI is InChI=1S/C25H36N4O/c1-3-26-25(27-16-13-23-11-7-8-12-24(23)30-2)28-19-22-15-18-29(20-22)17-14-21-9-5-4-6-10-21/h4-12,22H,3,13-20H2,1-2H3,(H2,26,27,28). The van der Waals surface area contributed by atoms with Crippen LogP contribution >= 0.6 is 0 Å². The topological polar surface area (TPSA) is 48.9 Å². The predicted octanol–water partition coefficient (Wildman–Crippen LogP) is 3.36. The second kappa shape index (κ2) is 12.2. The first kappa shape index (κ1) is 22.2. The molecule has 1 saturated heterocycles. The van der Waals surface area contributed by atoms with Crippen LogP contribution in [0.3, 0.4) is 0 Å². The summed E-state index contributed by atoms with van der Waals surface area (Å²) in [5, 5.41) is 6.85. The largest absolute Gasteiger partial charge is 0.496 e. The van der Waals surface area contributed by atoms with Gasteiger partial charge in [-0.1, -0.05) is 48.5 Å². The van der Waals surface area contributed by atoms with Gasteiger partial charge in [-0.15, -0.1) is 0 Å². The lowest BCUT2D eigenvalue weighted by Crippen LogP contribution is -2.38. The first-order chi connectivity index (χ1) is 14.8. The van der Waals surface area contributed by atoms with E-state index in [1.807, 2.05) is 12.1 Å². The smallest absolute Gasteiger partial charge is 0.191 e. The second-order valence-corrected chi connectivity index (χ2v) is 7.90. The number of guanidine groups is 1. The number of methoxy groups -OCH3 is 1. The number of aliphatic imine (C=N–C) groups is 1. The Morgan fingerprint density at radius 3 is 2.67 bits per heavy atom. The molecule has 0 radical (unpaired) electrons. The fraction of sp³-hybridized carbons (Fsp3) is 0.480. The first-order valence-electron chi connectivity index (χ1n) is 11.2. The Labute approximate surface area is 181 Å². The van der Waals surface area contributed by atoms with Crippen molar-refractivity contribution in [3.63, 3.8) is 0 Å². The molecule has 1 atom stereocenters. The Kier molecular flexibility index (Phi) is 9.04. The van der Waals surface area contributed by atoms with Crippen molar-refractivity contribution < 1.29 is 4.74 Å². The molecule has 0 saturated carbocycles. The number of benzene rings is 2. The average molecular weight is 409 g/mol. The molecule has 162 valence electrons. The van der Waals surface area contributed by atoms with Crippen molar-refractivity contribution >= 4 is 5.96 Å². The highest BCUT2D eigenvalue weighted by Gasteiger charge is 2.21. The summed E-state index contributed by atoms with van der Waals surface area (Å²) in [6.45, 7) is 8.17. The molecule has 3 rings (SSSR count). The molecular weight excluding hydrogens is 372 g/mol. The van der Waals surface area contributed by atoms with Gasteiger partial charge in [-0.2, -0.15) is 0 Å². The summed E-state index contributed by atoms with van der Waals surface area (Å²) in [5.41, 5.74) is 2.64. The zero-order valence-corrected chi connectivity index (χ0v) is 18.4. The van der Waals surface area contributed by atoms with Gasteiger partial charge in [0, 0.05) is 32.7 Å². The maximum absolute atomic E-state index is 5.45. The number of rotatable bonds is 10. The van der Waals surface area contributed by atoms with Crippen LogP contribution in [0.2, 0.25) is 0 Å². The minimum absolute atomic E-state index is 0.644. The Hall–Kier alpha value is -2.53. The molecule has 0 aliphatic carbocycles. The zero-order chi connectivity index (χ0) is 21.0. The Morgan fingerprint density at radius 2 is 1.87 bits per heavy atom. The fourth-order valence-corrected chi connectivity index (χ4v) is 3.98. The molecule has 0 aromatic heterocycles. The summed E-state index contributed by atoms with van der Waals surface area (Å²) in [6, 6.07) is 19.0. The molecule has 1 unspecified atom stereocenters. The fourth-order valence-electron chi connectivity index (χ4n) is 3.98. The van der Waals surface area contributed by atoms with E-state index in [2.05, 4.69) is 64.9 Å². The quantitative estimate of drug-likeness (QED) is 0.468. The molecule has 0 amide bonds. The van der Waals surface area contributed by atoms with E-state index in [9.17, 15) is 0 Å². The minimum Gasteiger partial charge on any atom is -0.496 e. The number of nitrogens with zero attached hydrogens (tertiary/aromatic N) is 2. The van der Waals surface area contributed by atoms with Crippen LogP contribution < -0.4 is 15.4 Å². The van der Waals surface area contributed by atoms with Crippen LogP contribution in [-0.2, 0) is 12.8 Å². The van der Waals surface area contributed by atoms with Crippen molar-refractivity contribution in [3.05, 3.63) is 65.7 Å². The van der Waals surface area contributed by atoms with E-state index in [-0.39, 0.29) is 0 Å². The number of hydrogen-bond donors (Lipinski definition) is 2. The molecule has 1 aliphatic rings. The molecule has 2 N–H and O–H groups in total. The SMILES string of the molecule is CCNC(=NCC1CCN(CCc2ccccc2)C1)NCCc1ccccc1OC. The molecule has 2 aromatic carbocycles. The second-order valence-electron chi connectivity index (χ2n) is 7.90. The van der Waals surface area contributed by atoms with Gasteiger partial charge in [0.05, 0.1) is 7.11 Å². The Bertz CT molecular complexity index is 778. The number of nitrogens with one attached hydrogen (secondary N) is 2. The predicted molar refractivity (Wildman–Crippen MR) is 125 cm³/mol. The van der Waals surface area contributed by atoms with Gasteiger partial charge in [0.25, 0.3) is 0 Å². The van der Waals surface area contributed by atoms with Crippen molar-refractivity contribution in [1.82, 2.24) is 15.5 Å². The van der Waals surface area contributed by atoms with Gasteiger partial charge in [0.15, 0.2) is 5.96 Å². The third-order valence-corrected chi connectivity index (χ3v) is 5.66. The van der Waals surface area contributed by atoms with Crippen LogP contribution in [-0.4, -0.2) is 57.2 Å². The maximum atomic E-state index is 5.45. The van der Waals surface area contributed by atoms with Gasteiger partial charge in [-0.25, -0.2) is 0 Å². The molecule has 1 fully saturated rings. The summed E-state index contributed by atoms with van der Waals surface area (Å²) in [7, 11) is 1.72. The maximum Gasteiger partial charge on any atom is 0.191 e. The van der Waals surface area contributed by atoms with Crippen LogP contribution in [0.5, 0.6) is 5.75 Å². The van der Waals surface area contributed by atoms with E-state index in [4.69, 9.17) is 9.73 Å². The van der Waals surface area contributed by atoms with Gasteiger partial charge in [-0.3, -0.25) is 4.99 Å². The van der Waals surface area contributed by atoms with E-state index in [1.54, 1.807) is 7.11 Å². The van der Waals surface area contributed by atoms with Gasteiger partial charge >= 0.3 is 0 Å². The molecule has 2 aromatic rings. The minimum atomic E-state index is 0.644. The number of ether oxygens (including phenoxy) is 1. The van der Waals surface area contributed by atoms with Gasteiger partial charge < -0.3 is 20.3 Å². The molecule has 0 bridgehead atoms. The summed E-state index contributed by atoms with van der Waals surface area (Å²) in [5.74, 6) is 2.50. The summed E-state index contributed by atoms with van der Waals surface area (Å²) >= 11 is 0. The van der Waals surface area contributed by atoms with Crippen molar-refractivity contribution in [2.75, 3.05) is 46.4 Å². The van der Waals surface area contributed by atoms with Crippen molar-refractivity contribution in [1.29, 1.82) is 0 Å². The highest BCUT2D eigenvalue weighted by molar-refractivity contribution is 5.79. The number of para-hydroxylation sites is 1. The van der Waals surface area contributed by atoms with E-state index in [0.29, 0.717) is 5.92 Å². The van der Waals surface area contributed by atoms with Gasteiger partial charge in [0.2, 0.25) is 0 Å². The van der Waals surface area contributed by atoms with Gasteiger partial charge in [-0.05, 0) is 55.8 Å². The summed E-state index contributed by atoms with van der Waals surface area (Å²) in [4.78, 5) is 7.44.